The monoisotopic (exact) mass is 262 g/mol. The Balaban J connectivity index is 1.82. The van der Waals surface area contributed by atoms with E-state index in [0.29, 0.717) is 12.0 Å². The van der Waals surface area contributed by atoms with Crippen LogP contribution in [-0.2, 0) is 0 Å². The van der Waals surface area contributed by atoms with Crippen LogP contribution in [-0.4, -0.2) is 40.3 Å². The van der Waals surface area contributed by atoms with Crippen LogP contribution in [0, 0.1) is 5.41 Å². The van der Waals surface area contributed by atoms with Gasteiger partial charge in [-0.15, -0.1) is 0 Å². The van der Waals surface area contributed by atoms with Crippen LogP contribution in [0.1, 0.15) is 52.1 Å². The summed E-state index contributed by atoms with van der Waals surface area (Å²) in [5.41, 5.74) is 1.52. The number of H-pyrrole nitrogens is 1. The molecule has 1 aromatic heterocycles. The van der Waals surface area contributed by atoms with Crippen LogP contribution in [0.25, 0.3) is 0 Å². The first-order valence-corrected chi connectivity index (χ1v) is 7.22. The van der Waals surface area contributed by atoms with Crippen LogP contribution in [0.3, 0.4) is 0 Å². The fourth-order valence-corrected chi connectivity index (χ4v) is 2.23. The fraction of sp³-hybridized carbons (Fsp3) is 0.733. The van der Waals surface area contributed by atoms with Gasteiger partial charge in [0.25, 0.3) is 0 Å². The summed E-state index contributed by atoms with van der Waals surface area (Å²) in [6.45, 7) is 11.1. The van der Waals surface area contributed by atoms with Gasteiger partial charge in [0.15, 0.2) is 0 Å². The van der Waals surface area contributed by atoms with E-state index in [4.69, 9.17) is 0 Å². The van der Waals surface area contributed by atoms with Gasteiger partial charge in [-0.05, 0) is 25.2 Å². The predicted molar refractivity (Wildman–Crippen MR) is 79.5 cm³/mol. The molecule has 0 amide bonds. The van der Waals surface area contributed by atoms with Crippen molar-refractivity contribution in [2.75, 3.05) is 13.1 Å². The minimum atomic E-state index is 0.241. The number of likely N-dealkylation sites (tertiary alicyclic amines) is 1. The number of aromatic amines is 1. The molecule has 0 spiro atoms. The molecule has 1 aromatic rings. The molecule has 0 bridgehead atoms. The number of nitrogens with one attached hydrogen (secondary N) is 1. The zero-order valence-electron chi connectivity index (χ0n) is 12.6. The van der Waals surface area contributed by atoms with E-state index in [0.717, 1.165) is 13.1 Å². The number of aliphatic imine (C=N–C) groups is 1. The smallest absolute Gasteiger partial charge is 0.0921 e. The third kappa shape index (κ3) is 3.82. The Morgan fingerprint density at radius 3 is 2.63 bits per heavy atom. The van der Waals surface area contributed by atoms with Gasteiger partial charge in [0.05, 0.1) is 18.7 Å². The number of piperidine rings is 1. The van der Waals surface area contributed by atoms with Gasteiger partial charge in [0, 0.05) is 30.9 Å². The molecule has 4 heteroatoms. The van der Waals surface area contributed by atoms with E-state index in [2.05, 4.69) is 53.9 Å². The van der Waals surface area contributed by atoms with Crippen LogP contribution >= 0.6 is 0 Å². The molecule has 1 aliphatic rings. The summed E-state index contributed by atoms with van der Waals surface area (Å²) in [5, 5.41) is 0. The molecular formula is C15H26N4. The van der Waals surface area contributed by atoms with Gasteiger partial charge in [-0.25, -0.2) is 4.98 Å². The number of aromatic nitrogens is 2. The van der Waals surface area contributed by atoms with Gasteiger partial charge in [0.2, 0.25) is 0 Å². The summed E-state index contributed by atoms with van der Waals surface area (Å²) in [6, 6.07) is 0.359. The van der Waals surface area contributed by atoms with Crippen molar-refractivity contribution in [2.24, 2.45) is 10.4 Å². The third-order valence-electron chi connectivity index (χ3n) is 4.20. The summed E-state index contributed by atoms with van der Waals surface area (Å²) < 4.78 is 0. The number of imidazole rings is 1. The maximum Gasteiger partial charge on any atom is 0.0921 e. The van der Waals surface area contributed by atoms with Crippen molar-refractivity contribution in [1.82, 2.24) is 14.9 Å². The Labute approximate surface area is 116 Å². The Kier molecular flexibility index (Phi) is 4.27. The summed E-state index contributed by atoms with van der Waals surface area (Å²) >= 11 is 0. The molecule has 4 nitrogen and oxygen atoms in total. The molecule has 0 aromatic carbocycles. The molecule has 1 unspecified atom stereocenters. The quantitative estimate of drug-likeness (QED) is 0.672. The van der Waals surface area contributed by atoms with Crippen molar-refractivity contribution in [2.45, 2.75) is 52.5 Å². The predicted octanol–water partition coefficient (Wildman–Crippen LogP) is 3.05. The van der Waals surface area contributed by atoms with E-state index in [1.54, 1.807) is 6.33 Å². The molecule has 1 fully saturated rings. The van der Waals surface area contributed by atoms with Crippen molar-refractivity contribution in [3.8, 4) is 0 Å². The highest BCUT2D eigenvalue weighted by Crippen LogP contribution is 2.26. The summed E-state index contributed by atoms with van der Waals surface area (Å²) in [5.74, 6) is 0.632. The lowest BCUT2D eigenvalue weighted by Gasteiger charge is -2.31. The standard InChI is InChI=1S/C15H26N4/c1-12(15(2,3)4)18-11-19-7-5-13(6-8-19)14-9-16-10-17-14/h9-13H,5-8H2,1-4H3,(H,16,17). The maximum atomic E-state index is 4.69. The van der Waals surface area contributed by atoms with Gasteiger partial charge >= 0.3 is 0 Å². The first kappa shape index (κ1) is 14.1. The Morgan fingerprint density at radius 2 is 2.11 bits per heavy atom. The summed E-state index contributed by atoms with van der Waals surface area (Å²) in [6.07, 6.45) is 8.14. The largest absolute Gasteiger partial charge is 0.363 e. The average molecular weight is 262 g/mol. The molecule has 1 atom stereocenters. The normalized spacial score (nSPS) is 20.1. The lowest BCUT2D eigenvalue weighted by atomic mass is 9.89. The number of rotatable bonds is 3. The second-order valence-corrected chi connectivity index (χ2v) is 6.62. The highest BCUT2D eigenvalue weighted by Gasteiger charge is 2.21. The SMILES string of the molecule is CC(N=CN1CCC(c2cnc[nH]2)CC1)C(C)(C)C. The first-order valence-electron chi connectivity index (χ1n) is 7.22. The lowest BCUT2D eigenvalue weighted by molar-refractivity contribution is 0.307. The van der Waals surface area contributed by atoms with Gasteiger partial charge in [-0.3, -0.25) is 4.99 Å². The molecular weight excluding hydrogens is 236 g/mol. The zero-order chi connectivity index (χ0) is 13.9. The van der Waals surface area contributed by atoms with Crippen LogP contribution in [0.2, 0.25) is 0 Å². The van der Waals surface area contributed by atoms with Gasteiger partial charge in [-0.2, -0.15) is 0 Å². The van der Waals surface area contributed by atoms with Crippen LogP contribution in [0.4, 0.5) is 0 Å². The third-order valence-corrected chi connectivity index (χ3v) is 4.20. The summed E-state index contributed by atoms with van der Waals surface area (Å²) in [4.78, 5) is 14.4. The van der Waals surface area contributed by atoms with Crippen molar-refractivity contribution < 1.29 is 0 Å². The van der Waals surface area contributed by atoms with E-state index in [1.807, 2.05) is 6.20 Å². The van der Waals surface area contributed by atoms with E-state index in [9.17, 15) is 0 Å². The number of hydrogen-bond donors (Lipinski definition) is 1. The second-order valence-electron chi connectivity index (χ2n) is 6.62. The number of hydrogen-bond acceptors (Lipinski definition) is 2. The van der Waals surface area contributed by atoms with Gasteiger partial charge < -0.3 is 9.88 Å². The average Bonchev–Trinajstić information content (AvgIpc) is 2.89. The highest BCUT2D eigenvalue weighted by molar-refractivity contribution is 5.55. The van der Waals surface area contributed by atoms with E-state index in [1.165, 1.54) is 18.5 Å². The molecule has 19 heavy (non-hydrogen) atoms. The van der Waals surface area contributed by atoms with Crippen molar-refractivity contribution in [3.05, 3.63) is 18.2 Å². The van der Waals surface area contributed by atoms with Crippen molar-refractivity contribution in [3.63, 3.8) is 0 Å². The first-order chi connectivity index (χ1) is 8.97. The molecule has 0 saturated carbocycles. The van der Waals surface area contributed by atoms with E-state index < -0.39 is 0 Å². The Bertz CT molecular complexity index is 394. The molecule has 1 saturated heterocycles. The minimum Gasteiger partial charge on any atom is -0.363 e. The molecule has 106 valence electrons. The topological polar surface area (TPSA) is 44.3 Å². The Morgan fingerprint density at radius 1 is 1.42 bits per heavy atom. The van der Waals surface area contributed by atoms with Gasteiger partial charge in [-0.1, -0.05) is 20.8 Å². The Hall–Kier alpha value is -1.32. The maximum absolute atomic E-state index is 4.69. The summed E-state index contributed by atoms with van der Waals surface area (Å²) in [7, 11) is 0. The minimum absolute atomic E-state index is 0.241. The molecule has 2 heterocycles. The molecule has 1 aliphatic heterocycles. The van der Waals surface area contributed by atoms with Crippen molar-refractivity contribution >= 4 is 6.34 Å². The second kappa shape index (κ2) is 5.76. The van der Waals surface area contributed by atoms with E-state index >= 15 is 0 Å². The van der Waals surface area contributed by atoms with Gasteiger partial charge in [0.1, 0.15) is 0 Å². The molecule has 0 radical (unpaired) electrons. The van der Waals surface area contributed by atoms with Crippen LogP contribution in [0.5, 0.6) is 0 Å². The van der Waals surface area contributed by atoms with E-state index in [-0.39, 0.29) is 5.41 Å². The lowest BCUT2D eigenvalue weighted by Crippen LogP contribution is -2.33. The zero-order valence-corrected chi connectivity index (χ0v) is 12.6. The molecule has 2 rings (SSSR count). The van der Waals surface area contributed by atoms with Crippen LogP contribution < -0.4 is 0 Å². The molecule has 1 N–H and O–H groups in total. The fourth-order valence-electron chi connectivity index (χ4n) is 2.23. The molecule has 0 aliphatic carbocycles. The van der Waals surface area contributed by atoms with Crippen molar-refractivity contribution in [1.29, 1.82) is 0 Å². The highest BCUT2D eigenvalue weighted by atomic mass is 15.2. The van der Waals surface area contributed by atoms with Crippen LogP contribution in [0.15, 0.2) is 17.5 Å². The number of nitrogens with zero attached hydrogens (tertiary/aromatic N) is 3.